The first-order valence-corrected chi connectivity index (χ1v) is 7.11. The summed E-state index contributed by atoms with van der Waals surface area (Å²) in [5, 5.41) is 9.16. The minimum absolute atomic E-state index is 0.333. The van der Waals surface area contributed by atoms with Gasteiger partial charge in [0.15, 0.2) is 5.60 Å². The number of benzene rings is 1. The van der Waals surface area contributed by atoms with E-state index in [-0.39, 0.29) is 5.60 Å². The molecule has 0 atom stereocenters. The van der Waals surface area contributed by atoms with Gasteiger partial charge < -0.3 is 4.74 Å². The third kappa shape index (κ3) is 1.44. The lowest BCUT2D eigenvalue weighted by Gasteiger charge is -2.32. The van der Waals surface area contributed by atoms with Crippen molar-refractivity contribution in [2.24, 2.45) is 0 Å². The number of aromatic nitrogens is 2. The molecular formula is C16H15N3O. The van der Waals surface area contributed by atoms with Gasteiger partial charge in [0, 0.05) is 6.08 Å². The van der Waals surface area contributed by atoms with Crippen LogP contribution in [0, 0.1) is 11.3 Å². The van der Waals surface area contributed by atoms with Crippen LogP contribution in [0.1, 0.15) is 32.1 Å². The van der Waals surface area contributed by atoms with E-state index in [1.165, 1.54) is 6.42 Å². The smallest absolute Gasteiger partial charge is 0.302 e. The molecule has 1 fully saturated rings. The van der Waals surface area contributed by atoms with Crippen LogP contribution in [0.2, 0.25) is 0 Å². The van der Waals surface area contributed by atoms with Gasteiger partial charge in [-0.1, -0.05) is 18.6 Å². The number of nitriles is 1. The first-order chi connectivity index (χ1) is 9.84. The van der Waals surface area contributed by atoms with Crippen LogP contribution in [0.5, 0.6) is 6.01 Å². The van der Waals surface area contributed by atoms with E-state index in [0.29, 0.717) is 6.01 Å². The highest BCUT2D eigenvalue weighted by atomic mass is 16.5. The van der Waals surface area contributed by atoms with Crippen LogP contribution in [0.4, 0.5) is 0 Å². The maximum Gasteiger partial charge on any atom is 0.302 e. The second-order valence-corrected chi connectivity index (χ2v) is 5.53. The zero-order valence-electron chi connectivity index (χ0n) is 11.2. The van der Waals surface area contributed by atoms with Gasteiger partial charge in [-0.3, -0.25) is 4.57 Å². The minimum Gasteiger partial charge on any atom is -0.451 e. The molecule has 0 amide bonds. The standard InChI is InChI=1S/C16H15N3O/c17-11-8-14-16(9-4-1-5-10-16)20-15-18-12-6-2-3-7-13(12)19(14)15/h2-3,6-8H,1,4-5,9-10H2/b14-8+. The van der Waals surface area contributed by atoms with E-state index in [2.05, 4.69) is 11.1 Å². The van der Waals surface area contributed by atoms with Crippen molar-refractivity contribution in [1.29, 1.82) is 5.26 Å². The summed E-state index contributed by atoms with van der Waals surface area (Å²) in [6, 6.07) is 10.8. The summed E-state index contributed by atoms with van der Waals surface area (Å²) in [5.41, 5.74) is 2.56. The molecule has 2 aromatic rings. The summed E-state index contributed by atoms with van der Waals surface area (Å²) >= 11 is 0. The number of imidazole rings is 1. The molecule has 4 nitrogen and oxygen atoms in total. The molecule has 0 bridgehead atoms. The van der Waals surface area contributed by atoms with Gasteiger partial charge in [-0.25, -0.2) is 0 Å². The number of nitrogens with zero attached hydrogens (tertiary/aromatic N) is 3. The topological polar surface area (TPSA) is 50.8 Å². The number of para-hydroxylation sites is 2. The van der Waals surface area contributed by atoms with Crippen molar-refractivity contribution < 1.29 is 4.74 Å². The molecule has 0 unspecified atom stereocenters. The molecule has 4 heteroatoms. The van der Waals surface area contributed by atoms with Crippen molar-refractivity contribution in [3.8, 4) is 12.1 Å². The highest BCUT2D eigenvalue weighted by Gasteiger charge is 2.46. The van der Waals surface area contributed by atoms with Crippen LogP contribution in [0.3, 0.4) is 0 Å². The third-order valence-corrected chi connectivity index (χ3v) is 4.39. The molecule has 1 spiro atoms. The minimum atomic E-state index is -0.333. The molecule has 2 heterocycles. The zero-order chi connectivity index (χ0) is 13.6. The summed E-state index contributed by atoms with van der Waals surface area (Å²) in [5.74, 6) is 0. The van der Waals surface area contributed by atoms with E-state index < -0.39 is 0 Å². The molecule has 1 aliphatic carbocycles. The average Bonchev–Trinajstić information content (AvgIpc) is 2.95. The number of ether oxygens (including phenoxy) is 1. The van der Waals surface area contributed by atoms with E-state index in [9.17, 15) is 0 Å². The Morgan fingerprint density at radius 3 is 2.85 bits per heavy atom. The molecule has 100 valence electrons. The van der Waals surface area contributed by atoms with E-state index in [0.717, 1.165) is 42.4 Å². The monoisotopic (exact) mass is 265 g/mol. The van der Waals surface area contributed by atoms with Crippen LogP contribution in [0.15, 0.2) is 30.3 Å². The van der Waals surface area contributed by atoms with Crippen molar-refractivity contribution in [3.63, 3.8) is 0 Å². The first-order valence-electron chi connectivity index (χ1n) is 7.11. The SMILES string of the molecule is N#C/C=C1/n2c(nc3ccccc32)OC12CCCCC2. The van der Waals surface area contributed by atoms with E-state index in [1.807, 2.05) is 28.8 Å². The maximum atomic E-state index is 9.16. The van der Waals surface area contributed by atoms with Crippen molar-refractivity contribution >= 4 is 16.7 Å². The molecule has 20 heavy (non-hydrogen) atoms. The highest BCUT2D eigenvalue weighted by Crippen LogP contribution is 2.47. The molecular weight excluding hydrogens is 250 g/mol. The quantitative estimate of drug-likeness (QED) is 0.685. The van der Waals surface area contributed by atoms with Crippen LogP contribution < -0.4 is 4.74 Å². The Balaban J connectivity index is 1.94. The van der Waals surface area contributed by atoms with Crippen molar-refractivity contribution in [2.75, 3.05) is 0 Å². The van der Waals surface area contributed by atoms with Crippen LogP contribution in [-0.4, -0.2) is 15.2 Å². The predicted octanol–water partition coefficient (Wildman–Crippen LogP) is 3.50. The Morgan fingerprint density at radius 2 is 2.05 bits per heavy atom. The second kappa shape index (κ2) is 4.11. The van der Waals surface area contributed by atoms with E-state index >= 15 is 0 Å². The molecule has 1 aromatic carbocycles. The molecule has 4 rings (SSSR count). The zero-order valence-corrected chi connectivity index (χ0v) is 11.2. The van der Waals surface area contributed by atoms with Crippen molar-refractivity contribution in [3.05, 3.63) is 30.3 Å². The number of allylic oxidation sites excluding steroid dienone is 1. The molecule has 1 saturated carbocycles. The van der Waals surface area contributed by atoms with E-state index in [1.54, 1.807) is 6.08 Å². The van der Waals surface area contributed by atoms with Gasteiger partial charge in [0.2, 0.25) is 0 Å². The van der Waals surface area contributed by atoms with Gasteiger partial charge in [0.1, 0.15) is 0 Å². The first kappa shape index (κ1) is 11.5. The summed E-state index contributed by atoms with van der Waals surface area (Å²) in [7, 11) is 0. The van der Waals surface area contributed by atoms with Gasteiger partial charge in [-0.2, -0.15) is 10.2 Å². The van der Waals surface area contributed by atoms with Crippen LogP contribution >= 0.6 is 0 Å². The molecule has 0 radical (unpaired) electrons. The average molecular weight is 265 g/mol. The fraction of sp³-hybridized carbons (Fsp3) is 0.375. The van der Waals surface area contributed by atoms with Gasteiger partial charge in [-0.15, -0.1) is 0 Å². The van der Waals surface area contributed by atoms with Gasteiger partial charge in [-0.05, 0) is 37.8 Å². The predicted molar refractivity (Wildman–Crippen MR) is 76.1 cm³/mol. The van der Waals surface area contributed by atoms with Gasteiger partial charge in [0.05, 0.1) is 22.8 Å². The van der Waals surface area contributed by atoms with E-state index in [4.69, 9.17) is 10.00 Å². The Morgan fingerprint density at radius 1 is 1.25 bits per heavy atom. The fourth-order valence-corrected chi connectivity index (χ4v) is 3.47. The van der Waals surface area contributed by atoms with Gasteiger partial charge in [0.25, 0.3) is 0 Å². The van der Waals surface area contributed by atoms with Crippen molar-refractivity contribution in [2.45, 2.75) is 37.7 Å². The summed E-state index contributed by atoms with van der Waals surface area (Å²) in [6.45, 7) is 0. The molecule has 2 aliphatic rings. The Bertz CT molecular complexity index is 745. The molecule has 0 N–H and O–H groups in total. The van der Waals surface area contributed by atoms with Crippen molar-refractivity contribution in [1.82, 2.24) is 9.55 Å². The second-order valence-electron chi connectivity index (χ2n) is 5.53. The van der Waals surface area contributed by atoms with Crippen LogP contribution in [0.25, 0.3) is 16.7 Å². The Kier molecular flexibility index (Phi) is 2.37. The normalized spacial score (nSPS) is 21.9. The maximum absolute atomic E-state index is 9.16. The molecule has 1 aliphatic heterocycles. The fourth-order valence-electron chi connectivity index (χ4n) is 3.47. The number of rotatable bonds is 0. The van der Waals surface area contributed by atoms with Gasteiger partial charge >= 0.3 is 6.01 Å². The summed E-state index contributed by atoms with van der Waals surface area (Å²) in [6.07, 6.45) is 7.11. The lowest BCUT2D eigenvalue weighted by molar-refractivity contribution is 0.0964. The summed E-state index contributed by atoms with van der Waals surface area (Å²) < 4.78 is 8.24. The number of fused-ring (bicyclic) bond motifs is 3. The molecule has 0 saturated heterocycles. The molecule has 1 aromatic heterocycles. The van der Waals surface area contributed by atoms with Crippen LogP contribution in [-0.2, 0) is 0 Å². The highest BCUT2D eigenvalue weighted by molar-refractivity contribution is 5.84. The Hall–Kier alpha value is -2.28. The summed E-state index contributed by atoms with van der Waals surface area (Å²) in [4.78, 5) is 4.57. The third-order valence-electron chi connectivity index (χ3n) is 4.39. The largest absolute Gasteiger partial charge is 0.451 e. The lowest BCUT2D eigenvalue weighted by Crippen LogP contribution is -2.36. The number of hydrogen-bond donors (Lipinski definition) is 0. The Labute approximate surface area is 117 Å². The lowest BCUT2D eigenvalue weighted by atomic mass is 9.82. The number of hydrogen-bond acceptors (Lipinski definition) is 3.